The highest BCUT2D eigenvalue weighted by atomic mass is 16.5. The molecule has 0 radical (unpaired) electrons. The number of aromatic nitrogens is 4. The number of aryl methyl sites for hydroxylation is 2. The topological polar surface area (TPSA) is 94.2 Å². The fourth-order valence-corrected chi connectivity index (χ4v) is 3.54. The van der Waals surface area contributed by atoms with Crippen LogP contribution in [-0.2, 0) is 4.79 Å². The van der Waals surface area contributed by atoms with E-state index in [1.807, 2.05) is 18.7 Å². The quantitative estimate of drug-likeness (QED) is 0.673. The number of hydrogen-bond acceptors (Lipinski definition) is 7. The molecule has 4 rings (SSSR count). The maximum absolute atomic E-state index is 12.7. The molecule has 1 aliphatic rings. The molecule has 3 aromatic rings. The summed E-state index contributed by atoms with van der Waals surface area (Å²) in [5.74, 6) is 1.20. The number of hydrogen-bond donors (Lipinski definition) is 0. The Morgan fingerprint density at radius 2 is 2.18 bits per heavy atom. The smallest absolute Gasteiger partial charge is 0.261 e. The molecule has 0 saturated carbocycles. The molecule has 8 nitrogen and oxygen atoms in total. The van der Waals surface area contributed by atoms with E-state index in [4.69, 9.17) is 14.2 Å². The van der Waals surface area contributed by atoms with Crippen molar-refractivity contribution in [1.29, 1.82) is 0 Å². The second-order valence-electron chi connectivity index (χ2n) is 6.75. The number of amides is 1. The minimum absolute atomic E-state index is 0.0286. The van der Waals surface area contributed by atoms with Gasteiger partial charge in [0, 0.05) is 12.7 Å². The molecule has 1 aliphatic heterocycles. The molecule has 8 heteroatoms. The largest absolute Gasteiger partial charge is 0.482 e. The monoisotopic (exact) mass is 379 g/mol. The Morgan fingerprint density at radius 1 is 1.29 bits per heavy atom. The van der Waals surface area contributed by atoms with Gasteiger partial charge in [-0.05, 0) is 38.8 Å². The molecule has 0 spiro atoms. The fourth-order valence-electron chi connectivity index (χ4n) is 3.54. The van der Waals surface area contributed by atoms with E-state index in [1.165, 1.54) is 0 Å². The maximum Gasteiger partial charge on any atom is 0.261 e. The van der Waals surface area contributed by atoms with Gasteiger partial charge in [-0.15, -0.1) is 0 Å². The zero-order valence-corrected chi connectivity index (χ0v) is 15.8. The minimum atomic E-state index is -0.113. The van der Waals surface area contributed by atoms with Crippen molar-refractivity contribution in [3.05, 3.63) is 54.1 Å². The van der Waals surface area contributed by atoms with E-state index in [-0.39, 0.29) is 18.6 Å². The third-order valence-electron chi connectivity index (χ3n) is 4.85. The first kappa shape index (κ1) is 18.1. The van der Waals surface area contributed by atoms with E-state index in [1.54, 1.807) is 36.9 Å². The van der Waals surface area contributed by atoms with Crippen molar-refractivity contribution >= 4 is 5.91 Å². The fraction of sp³-hybridized carbons (Fsp3) is 0.350. The van der Waals surface area contributed by atoms with Crippen molar-refractivity contribution in [2.45, 2.75) is 32.7 Å². The second-order valence-corrected chi connectivity index (χ2v) is 6.75. The van der Waals surface area contributed by atoms with E-state index in [9.17, 15) is 4.79 Å². The van der Waals surface area contributed by atoms with Crippen molar-refractivity contribution in [2.75, 3.05) is 13.2 Å². The second kappa shape index (κ2) is 7.75. The molecule has 28 heavy (non-hydrogen) atoms. The first-order valence-corrected chi connectivity index (χ1v) is 9.21. The molecule has 1 amide bonds. The molecule has 1 unspecified atom stereocenters. The van der Waals surface area contributed by atoms with Crippen molar-refractivity contribution < 1.29 is 14.1 Å². The Hall–Kier alpha value is -3.29. The number of nitrogens with zero attached hydrogens (tertiary/aromatic N) is 5. The molecule has 144 valence electrons. The van der Waals surface area contributed by atoms with Gasteiger partial charge in [0.2, 0.25) is 0 Å². The van der Waals surface area contributed by atoms with E-state index in [2.05, 4.69) is 15.1 Å². The lowest BCUT2D eigenvalue weighted by molar-refractivity contribution is -0.134. The molecule has 0 bridgehead atoms. The zero-order chi connectivity index (χ0) is 19.5. The number of carbonyl (C=O) groups is 1. The van der Waals surface area contributed by atoms with Crippen molar-refractivity contribution in [3.63, 3.8) is 0 Å². The molecule has 1 saturated heterocycles. The third-order valence-corrected chi connectivity index (χ3v) is 4.85. The number of rotatable bonds is 5. The molecule has 1 atom stereocenters. The summed E-state index contributed by atoms with van der Waals surface area (Å²) in [4.78, 5) is 27.6. The molecular formula is C20H21N5O3. The Balaban J connectivity index is 1.52. The van der Waals surface area contributed by atoms with Gasteiger partial charge in [-0.3, -0.25) is 14.8 Å². The Kier molecular flexibility index (Phi) is 5.01. The van der Waals surface area contributed by atoms with Crippen LogP contribution in [0.4, 0.5) is 0 Å². The van der Waals surface area contributed by atoms with Crippen LogP contribution in [-0.4, -0.2) is 44.1 Å². The van der Waals surface area contributed by atoms with Crippen LogP contribution in [0.5, 0.6) is 5.75 Å². The maximum atomic E-state index is 12.7. The lowest BCUT2D eigenvalue weighted by Crippen LogP contribution is -2.34. The number of pyridine rings is 1. The highest BCUT2D eigenvalue weighted by Crippen LogP contribution is 2.32. The van der Waals surface area contributed by atoms with Gasteiger partial charge in [0.1, 0.15) is 11.5 Å². The predicted octanol–water partition coefficient (Wildman–Crippen LogP) is 2.89. The predicted molar refractivity (Wildman–Crippen MR) is 100 cm³/mol. The van der Waals surface area contributed by atoms with Gasteiger partial charge >= 0.3 is 0 Å². The van der Waals surface area contributed by atoms with Crippen molar-refractivity contribution in [2.24, 2.45) is 0 Å². The molecule has 0 aromatic carbocycles. The van der Waals surface area contributed by atoms with E-state index in [0.717, 1.165) is 29.8 Å². The summed E-state index contributed by atoms with van der Waals surface area (Å²) in [6.07, 6.45) is 8.44. The summed E-state index contributed by atoms with van der Waals surface area (Å²) in [6, 6.07) is 3.44. The first-order valence-electron chi connectivity index (χ1n) is 9.21. The van der Waals surface area contributed by atoms with Crippen LogP contribution < -0.4 is 4.74 Å². The van der Waals surface area contributed by atoms with Crippen LogP contribution >= 0.6 is 0 Å². The molecule has 3 aromatic heterocycles. The van der Waals surface area contributed by atoms with Crippen molar-refractivity contribution in [3.8, 4) is 17.0 Å². The zero-order valence-electron chi connectivity index (χ0n) is 15.8. The summed E-state index contributed by atoms with van der Waals surface area (Å²) in [7, 11) is 0. The van der Waals surface area contributed by atoms with Crippen molar-refractivity contribution in [1.82, 2.24) is 25.0 Å². The summed E-state index contributed by atoms with van der Waals surface area (Å²) < 4.78 is 10.8. The van der Waals surface area contributed by atoms with Crippen LogP contribution in [0, 0.1) is 13.8 Å². The van der Waals surface area contributed by atoms with Gasteiger partial charge < -0.3 is 14.2 Å². The summed E-state index contributed by atoms with van der Waals surface area (Å²) >= 11 is 0. The van der Waals surface area contributed by atoms with Gasteiger partial charge in [-0.2, -0.15) is 0 Å². The summed E-state index contributed by atoms with van der Waals surface area (Å²) in [5.41, 5.74) is 3.10. The molecule has 1 fully saturated rings. The van der Waals surface area contributed by atoms with Gasteiger partial charge in [-0.25, -0.2) is 4.98 Å². The Labute approximate surface area is 162 Å². The van der Waals surface area contributed by atoms with Gasteiger partial charge in [0.05, 0.1) is 47.3 Å². The highest BCUT2D eigenvalue weighted by molar-refractivity contribution is 5.78. The van der Waals surface area contributed by atoms with Crippen LogP contribution in [0.1, 0.15) is 36.0 Å². The lowest BCUT2D eigenvalue weighted by Gasteiger charge is -2.24. The Bertz CT molecular complexity index is 953. The van der Waals surface area contributed by atoms with Gasteiger partial charge in [-0.1, -0.05) is 5.16 Å². The van der Waals surface area contributed by atoms with Crippen LogP contribution in [0.15, 0.2) is 41.4 Å². The van der Waals surface area contributed by atoms with Crippen LogP contribution in [0.25, 0.3) is 11.3 Å². The standard InChI is InChI=1S/C20H21N5O3/c1-13-20(14(2)28-24-13)17-11-22-10-16(23-17)18-6-4-8-25(18)19(26)12-27-15-5-3-7-21-9-15/h3,5,7,9-11,18H,4,6,8,12H2,1-2H3. The normalized spacial score (nSPS) is 16.4. The highest BCUT2D eigenvalue weighted by Gasteiger charge is 2.31. The van der Waals surface area contributed by atoms with E-state index < -0.39 is 0 Å². The number of ether oxygens (including phenoxy) is 1. The molecule has 4 heterocycles. The first-order chi connectivity index (χ1) is 13.6. The minimum Gasteiger partial charge on any atom is -0.482 e. The SMILES string of the molecule is Cc1noc(C)c1-c1cncc(C2CCCN2C(=O)COc2cccnc2)n1. The summed E-state index contributed by atoms with van der Waals surface area (Å²) in [5, 5.41) is 3.99. The van der Waals surface area contributed by atoms with Crippen LogP contribution in [0.2, 0.25) is 0 Å². The van der Waals surface area contributed by atoms with E-state index >= 15 is 0 Å². The summed E-state index contributed by atoms with van der Waals surface area (Å²) in [6.45, 7) is 4.38. The number of carbonyl (C=O) groups excluding carboxylic acids is 1. The molecule has 0 aliphatic carbocycles. The average molecular weight is 379 g/mol. The van der Waals surface area contributed by atoms with Gasteiger partial charge in [0.15, 0.2) is 6.61 Å². The molecular weight excluding hydrogens is 358 g/mol. The number of likely N-dealkylation sites (tertiary alicyclic amines) is 1. The third kappa shape index (κ3) is 3.58. The lowest BCUT2D eigenvalue weighted by atomic mass is 10.1. The Morgan fingerprint density at radius 3 is 2.93 bits per heavy atom. The van der Waals surface area contributed by atoms with Gasteiger partial charge in [0.25, 0.3) is 5.91 Å². The van der Waals surface area contributed by atoms with E-state index in [0.29, 0.717) is 23.7 Å². The average Bonchev–Trinajstić information content (AvgIpc) is 3.34. The van der Waals surface area contributed by atoms with Crippen LogP contribution in [0.3, 0.4) is 0 Å². The molecule has 0 N–H and O–H groups in total.